The van der Waals surface area contributed by atoms with Gasteiger partial charge in [-0.25, -0.2) is 8.42 Å². The highest BCUT2D eigenvalue weighted by Gasteiger charge is 2.23. The highest BCUT2D eigenvalue weighted by Crippen LogP contribution is 2.30. The SMILES string of the molecule is O=C1C=C(NNS(=O)(=O)c2ccccc2)CC(c2ccccc2)C1. The molecule has 1 atom stereocenters. The second-order valence-electron chi connectivity index (χ2n) is 5.70. The zero-order valence-corrected chi connectivity index (χ0v) is 13.8. The van der Waals surface area contributed by atoms with E-state index in [0.29, 0.717) is 18.5 Å². The van der Waals surface area contributed by atoms with E-state index in [9.17, 15) is 13.2 Å². The summed E-state index contributed by atoms with van der Waals surface area (Å²) in [7, 11) is -3.67. The number of hydrazine groups is 1. The van der Waals surface area contributed by atoms with Gasteiger partial charge in [-0.2, -0.15) is 0 Å². The van der Waals surface area contributed by atoms with Crippen LogP contribution < -0.4 is 10.3 Å². The molecule has 2 N–H and O–H groups in total. The van der Waals surface area contributed by atoms with Crippen molar-refractivity contribution in [1.29, 1.82) is 0 Å². The normalized spacial score (nSPS) is 18.1. The van der Waals surface area contributed by atoms with E-state index in [4.69, 9.17) is 0 Å². The van der Waals surface area contributed by atoms with Gasteiger partial charge in [-0.3, -0.25) is 4.79 Å². The maximum absolute atomic E-state index is 12.2. The monoisotopic (exact) mass is 342 g/mol. The van der Waals surface area contributed by atoms with Crippen molar-refractivity contribution < 1.29 is 13.2 Å². The predicted octanol–water partition coefficient (Wildman–Crippen LogP) is 2.50. The largest absolute Gasteiger partial charge is 0.312 e. The average molecular weight is 342 g/mol. The molecule has 6 heteroatoms. The van der Waals surface area contributed by atoms with Gasteiger partial charge in [0.05, 0.1) is 4.90 Å². The van der Waals surface area contributed by atoms with Gasteiger partial charge in [-0.05, 0) is 30.0 Å². The molecule has 0 aliphatic heterocycles. The van der Waals surface area contributed by atoms with Gasteiger partial charge >= 0.3 is 0 Å². The van der Waals surface area contributed by atoms with E-state index in [2.05, 4.69) is 10.3 Å². The molecule has 0 bridgehead atoms. The smallest absolute Gasteiger partial charge is 0.257 e. The molecule has 0 radical (unpaired) electrons. The topological polar surface area (TPSA) is 75.3 Å². The van der Waals surface area contributed by atoms with E-state index in [-0.39, 0.29) is 16.6 Å². The minimum Gasteiger partial charge on any atom is -0.312 e. The van der Waals surface area contributed by atoms with Crippen molar-refractivity contribution in [1.82, 2.24) is 10.3 Å². The Bertz CT molecular complexity index is 846. The fourth-order valence-corrected chi connectivity index (χ4v) is 3.63. The van der Waals surface area contributed by atoms with E-state index < -0.39 is 10.0 Å². The van der Waals surface area contributed by atoms with Crippen molar-refractivity contribution >= 4 is 15.8 Å². The summed E-state index contributed by atoms with van der Waals surface area (Å²) in [6, 6.07) is 17.8. The van der Waals surface area contributed by atoms with Gasteiger partial charge in [0.1, 0.15) is 0 Å². The highest BCUT2D eigenvalue weighted by atomic mass is 32.2. The molecular weight excluding hydrogens is 324 g/mol. The lowest BCUT2D eigenvalue weighted by Crippen LogP contribution is -2.38. The first kappa shape index (κ1) is 16.4. The average Bonchev–Trinajstić information content (AvgIpc) is 2.61. The van der Waals surface area contributed by atoms with Crippen molar-refractivity contribution in [3.63, 3.8) is 0 Å². The molecule has 0 saturated carbocycles. The Morgan fingerprint density at radius 3 is 2.17 bits per heavy atom. The Balaban J connectivity index is 1.70. The minimum atomic E-state index is -3.67. The molecule has 0 fully saturated rings. The molecule has 3 rings (SSSR count). The number of ketones is 1. The molecule has 0 spiro atoms. The number of hydrogen-bond donors (Lipinski definition) is 2. The van der Waals surface area contributed by atoms with Crippen molar-refractivity contribution in [2.45, 2.75) is 23.7 Å². The fraction of sp³-hybridized carbons (Fsp3) is 0.167. The number of benzene rings is 2. The first-order valence-corrected chi connectivity index (χ1v) is 9.14. The van der Waals surface area contributed by atoms with E-state index in [0.717, 1.165) is 5.56 Å². The number of carbonyl (C=O) groups is 1. The maximum atomic E-state index is 12.2. The summed E-state index contributed by atoms with van der Waals surface area (Å²) in [6.07, 6.45) is 2.47. The number of nitrogens with one attached hydrogen (secondary N) is 2. The third-order valence-corrected chi connectivity index (χ3v) is 5.18. The molecule has 124 valence electrons. The summed E-state index contributed by atoms with van der Waals surface area (Å²) < 4.78 is 24.4. The van der Waals surface area contributed by atoms with Crippen molar-refractivity contribution in [3.05, 3.63) is 78.0 Å². The molecule has 1 aliphatic rings. The first-order valence-electron chi connectivity index (χ1n) is 7.66. The Kier molecular flexibility index (Phi) is 4.78. The van der Waals surface area contributed by atoms with Gasteiger partial charge in [0.2, 0.25) is 0 Å². The maximum Gasteiger partial charge on any atom is 0.257 e. The number of carbonyl (C=O) groups excluding carboxylic acids is 1. The number of allylic oxidation sites excluding steroid dienone is 2. The molecule has 0 aromatic heterocycles. The summed E-state index contributed by atoms with van der Waals surface area (Å²) in [5.41, 5.74) is 4.34. The second-order valence-corrected chi connectivity index (χ2v) is 7.38. The van der Waals surface area contributed by atoms with E-state index in [1.807, 2.05) is 30.3 Å². The second kappa shape index (κ2) is 6.98. The van der Waals surface area contributed by atoms with Gasteiger partial charge in [0, 0.05) is 18.2 Å². The van der Waals surface area contributed by atoms with E-state index in [1.165, 1.54) is 18.2 Å². The fourth-order valence-electron chi connectivity index (χ4n) is 2.73. The van der Waals surface area contributed by atoms with Gasteiger partial charge in [-0.1, -0.05) is 48.5 Å². The van der Waals surface area contributed by atoms with Crippen LogP contribution in [0.4, 0.5) is 0 Å². The van der Waals surface area contributed by atoms with Crippen LogP contribution in [0.25, 0.3) is 0 Å². The Morgan fingerprint density at radius 1 is 0.875 bits per heavy atom. The van der Waals surface area contributed by atoms with E-state index in [1.54, 1.807) is 18.2 Å². The molecule has 1 unspecified atom stereocenters. The number of hydrogen-bond acceptors (Lipinski definition) is 4. The van der Waals surface area contributed by atoms with Crippen LogP contribution in [-0.2, 0) is 14.8 Å². The van der Waals surface area contributed by atoms with Crippen molar-refractivity contribution in [2.24, 2.45) is 0 Å². The lowest BCUT2D eigenvalue weighted by Gasteiger charge is -2.23. The molecule has 0 heterocycles. The summed E-state index contributed by atoms with van der Waals surface area (Å²) >= 11 is 0. The summed E-state index contributed by atoms with van der Waals surface area (Å²) in [6.45, 7) is 0. The highest BCUT2D eigenvalue weighted by molar-refractivity contribution is 7.89. The van der Waals surface area contributed by atoms with Crippen LogP contribution in [0.15, 0.2) is 77.3 Å². The zero-order valence-electron chi connectivity index (χ0n) is 13.0. The van der Waals surface area contributed by atoms with Crippen LogP contribution in [-0.4, -0.2) is 14.2 Å². The first-order chi connectivity index (χ1) is 11.5. The predicted molar refractivity (Wildman–Crippen MR) is 91.4 cm³/mol. The molecule has 0 amide bonds. The number of rotatable bonds is 5. The van der Waals surface area contributed by atoms with Crippen LogP contribution >= 0.6 is 0 Å². The Hall–Kier alpha value is -2.44. The quantitative estimate of drug-likeness (QED) is 0.819. The lowest BCUT2D eigenvalue weighted by molar-refractivity contribution is -0.115. The third-order valence-electron chi connectivity index (χ3n) is 3.92. The summed E-state index contributed by atoms with van der Waals surface area (Å²) in [5.74, 6) is 0.0314. The lowest BCUT2D eigenvalue weighted by atomic mass is 9.86. The van der Waals surface area contributed by atoms with Crippen molar-refractivity contribution in [2.75, 3.05) is 0 Å². The van der Waals surface area contributed by atoms with Gasteiger partial charge in [-0.15, -0.1) is 4.83 Å². The molecular formula is C18H18N2O3S. The van der Waals surface area contributed by atoms with Crippen LogP contribution in [0, 0.1) is 0 Å². The molecule has 5 nitrogen and oxygen atoms in total. The van der Waals surface area contributed by atoms with E-state index >= 15 is 0 Å². The molecule has 2 aromatic rings. The van der Waals surface area contributed by atoms with Crippen LogP contribution in [0.1, 0.15) is 24.3 Å². The molecule has 0 saturated heterocycles. The third kappa shape index (κ3) is 3.90. The number of sulfonamides is 1. The van der Waals surface area contributed by atoms with Crippen LogP contribution in [0.2, 0.25) is 0 Å². The standard InChI is InChI=1S/C18H18N2O3S/c21-17-12-15(14-7-3-1-4-8-14)11-16(13-17)19-20-24(22,23)18-9-5-2-6-10-18/h1-10,13,15,19-20H,11-12H2. The van der Waals surface area contributed by atoms with Gasteiger partial charge in [0.15, 0.2) is 5.78 Å². The van der Waals surface area contributed by atoms with Crippen LogP contribution in [0.3, 0.4) is 0 Å². The van der Waals surface area contributed by atoms with Crippen LogP contribution in [0.5, 0.6) is 0 Å². The Morgan fingerprint density at radius 2 is 1.50 bits per heavy atom. The van der Waals surface area contributed by atoms with Gasteiger partial charge < -0.3 is 5.43 Å². The molecule has 2 aromatic carbocycles. The summed E-state index contributed by atoms with van der Waals surface area (Å²) in [5, 5.41) is 0. The Labute approximate surface area is 141 Å². The van der Waals surface area contributed by atoms with Gasteiger partial charge in [0.25, 0.3) is 10.0 Å². The molecule has 24 heavy (non-hydrogen) atoms. The zero-order chi connectivity index (χ0) is 17.0. The van der Waals surface area contributed by atoms with Crippen molar-refractivity contribution in [3.8, 4) is 0 Å². The molecule has 1 aliphatic carbocycles. The minimum absolute atomic E-state index is 0.0171. The summed E-state index contributed by atoms with van der Waals surface area (Å²) in [4.78, 5) is 14.5.